The van der Waals surface area contributed by atoms with Gasteiger partial charge < -0.3 is 25.4 Å². The summed E-state index contributed by atoms with van der Waals surface area (Å²) in [5.74, 6) is 2.56. The summed E-state index contributed by atoms with van der Waals surface area (Å²) in [6.45, 7) is 5.36. The molecule has 0 saturated heterocycles. The minimum absolute atomic E-state index is 0.0242. The van der Waals surface area contributed by atoms with Crippen LogP contribution in [0.3, 0.4) is 0 Å². The first-order chi connectivity index (χ1) is 18.4. The molecule has 1 fully saturated rings. The Morgan fingerprint density at radius 2 is 1.68 bits per heavy atom. The van der Waals surface area contributed by atoms with E-state index < -0.39 is 0 Å². The molecule has 2 aromatic carbocycles. The highest BCUT2D eigenvalue weighted by Crippen LogP contribution is 2.28. The number of carbonyl (C=O) groups excluding carboxylic acids is 1. The molecule has 0 unspecified atom stereocenters. The van der Waals surface area contributed by atoms with Crippen molar-refractivity contribution in [1.82, 2.24) is 10.3 Å². The molecule has 0 radical (unpaired) electrons. The van der Waals surface area contributed by atoms with Crippen LogP contribution in [-0.2, 0) is 17.9 Å². The lowest BCUT2D eigenvalue weighted by Crippen LogP contribution is -2.36. The standard InChI is InChI=1S/C30H37ClN4O3/c1-19-16-28(31)35-29(33-17-21-5-12-25(37-3)13-6-21)26(19)18-32-23-9-7-22(8-10-23)30(36)34-24-11-14-27(38-4)20(2)15-24/h5-6,11-16,22-23,32H,7-10,17-18H2,1-4H3,(H,33,35)(H,34,36). The van der Waals surface area contributed by atoms with Crippen LogP contribution in [0.5, 0.6) is 11.5 Å². The summed E-state index contributed by atoms with van der Waals surface area (Å²) < 4.78 is 10.6. The summed E-state index contributed by atoms with van der Waals surface area (Å²) >= 11 is 6.29. The maximum atomic E-state index is 12.9. The van der Waals surface area contributed by atoms with Gasteiger partial charge in [0.2, 0.25) is 5.91 Å². The van der Waals surface area contributed by atoms with Gasteiger partial charge in [0.15, 0.2) is 0 Å². The van der Waals surface area contributed by atoms with Crippen molar-refractivity contribution in [3.8, 4) is 11.5 Å². The zero-order valence-electron chi connectivity index (χ0n) is 22.6. The molecule has 1 aliphatic rings. The monoisotopic (exact) mass is 536 g/mol. The van der Waals surface area contributed by atoms with E-state index in [4.69, 9.17) is 21.1 Å². The SMILES string of the molecule is COc1ccc(CNc2nc(Cl)cc(C)c2CNC2CCC(C(=O)Nc3ccc(OC)c(C)c3)CC2)cc1. The number of halogens is 1. The smallest absolute Gasteiger partial charge is 0.227 e. The summed E-state index contributed by atoms with van der Waals surface area (Å²) in [5, 5.41) is 10.7. The third kappa shape index (κ3) is 7.17. The Balaban J connectivity index is 1.30. The number of aromatic nitrogens is 1. The lowest BCUT2D eigenvalue weighted by atomic mass is 9.85. The lowest BCUT2D eigenvalue weighted by Gasteiger charge is -2.29. The molecule has 1 heterocycles. The van der Waals surface area contributed by atoms with Crippen molar-refractivity contribution in [3.63, 3.8) is 0 Å². The summed E-state index contributed by atoms with van der Waals surface area (Å²) in [5.41, 5.74) is 5.15. The van der Waals surface area contributed by atoms with Gasteiger partial charge in [-0.1, -0.05) is 23.7 Å². The molecule has 1 aromatic heterocycles. The van der Waals surface area contributed by atoms with Crippen LogP contribution in [0.4, 0.5) is 11.5 Å². The summed E-state index contributed by atoms with van der Waals surface area (Å²) in [6, 6.07) is 15.9. The van der Waals surface area contributed by atoms with Crippen molar-refractivity contribution in [2.75, 3.05) is 24.9 Å². The van der Waals surface area contributed by atoms with Gasteiger partial charge in [-0.2, -0.15) is 0 Å². The first-order valence-electron chi connectivity index (χ1n) is 13.1. The number of amides is 1. The highest BCUT2D eigenvalue weighted by Gasteiger charge is 2.26. The number of benzene rings is 2. The van der Waals surface area contributed by atoms with Gasteiger partial charge in [-0.05, 0) is 92.6 Å². The number of aryl methyl sites for hydroxylation is 2. The molecule has 202 valence electrons. The first-order valence-corrected chi connectivity index (χ1v) is 13.5. The Hall–Kier alpha value is -3.29. The van der Waals surface area contributed by atoms with Crippen molar-refractivity contribution < 1.29 is 14.3 Å². The Morgan fingerprint density at radius 3 is 2.34 bits per heavy atom. The third-order valence-corrected chi connectivity index (χ3v) is 7.46. The summed E-state index contributed by atoms with van der Waals surface area (Å²) in [6.07, 6.45) is 3.63. The molecule has 1 aliphatic carbocycles. The molecule has 0 spiro atoms. The highest BCUT2D eigenvalue weighted by atomic mass is 35.5. The number of pyridine rings is 1. The van der Waals surface area contributed by atoms with Crippen molar-refractivity contribution in [1.29, 1.82) is 0 Å². The van der Waals surface area contributed by atoms with Gasteiger partial charge in [0.1, 0.15) is 22.5 Å². The van der Waals surface area contributed by atoms with Crippen LogP contribution in [-0.4, -0.2) is 31.2 Å². The fourth-order valence-corrected chi connectivity index (χ4v) is 5.21. The summed E-state index contributed by atoms with van der Waals surface area (Å²) in [7, 11) is 3.31. The van der Waals surface area contributed by atoms with Gasteiger partial charge in [0.25, 0.3) is 0 Å². The molecule has 0 atom stereocenters. The second-order valence-electron chi connectivity index (χ2n) is 9.89. The molecule has 3 N–H and O–H groups in total. The van der Waals surface area contributed by atoms with E-state index in [-0.39, 0.29) is 11.8 Å². The van der Waals surface area contributed by atoms with Gasteiger partial charge in [-0.3, -0.25) is 4.79 Å². The van der Waals surface area contributed by atoms with Crippen LogP contribution in [0.2, 0.25) is 5.15 Å². The average Bonchev–Trinajstić information content (AvgIpc) is 2.92. The Bertz CT molecular complexity index is 1240. The lowest BCUT2D eigenvalue weighted by molar-refractivity contribution is -0.120. The Morgan fingerprint density at radius 1 is 0.947 bits per heavy atom. The van der Waals surface area contributed by atoms with E-state index >= 15 is 0 Å². The second-order valence-corrected chi connectivity index (χ2v) is 10.3. The molecule has 4 rings (SSSR count). The van der Waals surface area contributed by atoms with Crippen molar-refractivity contribution in [2.24, 2.45) is 5.92 Å². The normalized spacial score (nSPS) is 17.1. The predicted molar refractivity (Wildman–Crippen MR) is 153 cm³/mol. The molecule has 3 aromatic rings. The number of hydrogen-bond acceptors (Lipinski definition) is 6. The summed E-state index contributed by atoms with van der Waals surface area (Å²) in [4.78, 5) is 17.4. The van der Waals surface area contributed by atoms with E-state index in [1.54, 1.807) is 14.2 Å². The van der Waals surface area contributed by atoms with Gasteiger partial charge in [0.05, 0.1) is 14.2 Å². The number of hydrogen-bond donors (Lipinski definition) is 3. The number of nitrogens with one attached hydrogen (secondary N) is 3. The number of nitrogens with zero attached hydrogens (tertiary/aromatic N) is 1. The van der Waals surface area contributed by atoms with Crippen molar-refractivity contribution in [3.05, 3.63) is 75.9 Å². The fourth-order valence-electron chi connectivity index (χ4n) is 4.96. The molecular formula is C30H37ClN4O3. The minimum atomic E-state index is 0.0242. The first kappa shape index (κ1) is 27.7. The van der Waals surface area contributed by atoms with Crippen LogP contribution in [0.1, 0.15) is 47.9 Å². The minimum Gasteiger partial charge on any atom is -0.497 e. The van der Waals surface area contributed by atoms with Crippen molar-refractivity contribution in [2.45, 2.75) is 58.7 Å². The molecule has 8 heteroatoms. The number of methoxy groups -OCH3 is 2. The maximum Gasteiger partial charge on any atom is 0.227 e. The molecule has 1 saturated carbocycles. The van der Waals surface area contributed by atoms with Crippen LogP contribution < -0.4 is 25.4 Å². The quantitative estimate of drug-likeness (QED) is 0.265. The molecule has 7 nitrogen and oxygen atoms in total. The van der Waals surface area contributed by atoms with Crippen molar-refractivity contribution >= 4 is 29.0 Å². The molecule has 0 aliphatic heterocycles. The molecule has 0 bridgehead atoms. The number of anilines is 2. The van der Waals surface area contributed by atoms with Gasteiger partial charge in [0, 0.05) is 36.3 Å². The number of rotatable bonds is 10. The van der Waals surface area contributed by atoms with Crippen LogP contribution in [0.25, 0.3) is 0 Å². The van der Waals surface area contributed by atoms with Gasteiger partial charge in [-0.25, -0.2) is 4.98 Å². The maximum absolute atomic E-state index is 12.9. The largest absolute Gasteiger partial charge is 0.497 e. The van der Waals surface area contributed by atoms with E-state index in [1.807, 2.05) is 55.5 Å². The Labute approximate surface area is 230 Å². The number of carbonyl (C=O) groups is 1. The van der Waals surface area contributed by atoms with Crippen LogP contribution in [0.15, 0.2) is 48.5 Å². The predicted octanol–water partition coefficient (Wildman–Crippen LogP) is 6.27. The Kier molecular flexibility index (Phi) is 9.48. The van der Waals surface area contributed by atoms with E-state index in [1.165, 1.54) is 0 Å². The number of ether oxygens (including phenoxy) is 2. The van der Waals surface area contributed by atoms with E-state index in [2.05, 4.69) is 27.9 Å². The van der Waals surface area contributed by atoms with E-state index in [0.717, 1.165) is 70.9 Å². The van der Waals surface area contributed by atoms with Crippen LogP contribution >= 0.6 is 11.6 Å². The molecular weight excluding hydrogens is 500 g/mol. The zero-order valence-corrected chi connectivity index (χ0v) is 23.3. The average molecular weight is 537 g/mol. The molecule has 38 heavy (non-hydrogen) atoms. The second kappa shape index (κ2) is 13.0. The highest BCUT2D eigenvalue weighted by molar-refractivity contribution is 6.29. The van der Waals surface area contributed by atoms with E-state index in [0.29, 0.717) is 24.3 Å². The fraction of sp³-hybridized carbons (Fsp3) is 0.400. The van der Waals surface area contributed by atoms with Gasteiger partial charge in [-0.15, -0.1) is 0 Å². The van der Waals surface area contributed by atoms with Crippen LogP contribution in [0, 0.1) is 19.8 Å². The topological polar surface area (TPSA) is 84.5 Å². The zero-order chi connectivity index (χ0) is 27.1. The van der Waals surface area contributed by atoms with E-state index in [9.17, 15) is 4.79 Å². The molecule has 1 amide bonds. The van der Waals surface area contributed by atoms with Gasteiger partial charge >= 0.3 is 0 Å². The third-order valence-electron chi connectivity index (χ3n) is 7.26.